The van der Waals surface area contributed by atoms with Gasteiger partial charge in [0, 0.05) is 0 Å². The third-order valence-electron chi connectivity index (χ3n) is 3.41. The van der Waals surface area contributed by atoms with E-state index in [-0.39, 0.29) is 27.2 Å². The fraction of sp³-hybridized carbons (Fsp3) is 0.235. The van der Waals surface area contributed by atoms with E-state index < -0.39 is 22.5 Å². The van der Waals surface area contributed by atoms with Crippen LogP contribution in [-0.2, 0) is 19.6 Å². The molecule has 0 amide bonds. The highest BCUT2D eigenvalue weighted by molar-refractivity contribution is 7.92. The first-order valence-electron chi connectivity index (χ1n) is 7.57. The number of carbonyl (C=O) groups is 1. The first-order valence-corrected chi connectivity index (χ1v) is 9.77. The molecule has 2 rings (SSSR count). The van der Waals surface area contributed by atoms with Crippen LogP contribution in [0.25, 0.3) is 0 Å². The largest absolute Gasteiger partial charge is 0.495 e. The molecule has 9 heteroatoms. The summed E-state index contributed by atoms with van der Waals surface area (Å²) >= 11 is 11.8. The van der Waals surface area contributed by atoms with Gasteiger partial charge in [-0.3, -0.25) is 9.10 Å². The first kappa shape index (κ1) is 20.4. The van der Waals surface area contributed by atoms with Gasteiger partial charge in [-0.15, -0.1) is 0 Å². The second kappa shape index (κ2) is 8.62. The highest BCUT2D eigenvalue weighted by atomic mass is 35.5. The summed E-state index contributed by atoms with van der Waals surface area (Å²) in [6.07, 6.45) is 0. The monoisotopic (exact) mass is 417 g/mol. The predicted octanol–water partition coefficient (Wildman–Crippen LogP) is 3.76. The van der Waals surface area contributed by atoms with Gasteiger partial charge < -0.3 is 9.47 Å². The van der Waals surface area contributed by atoms with Crippen molar-refractivity contribution >= 4 is 44.9 Å². The summed E-state index contributed by atoms with van der Waals surface area (Å²) in [4.78, 5) is 11.9. The quantitative estimate of drug-likeness (QED) is 0.641. The third kappa shape index (κ3) is 4.41. The smallest absolute Gasteiger partial charge is 0.326 e. The minimum atomic E-state index is -4.13. The van der Waals surface area contributed by atoms with E-state index >= 15 is 0 Å². The lowest BCUT2D eigenvalue weighted by Gasteiger charge is -2.25. The summed E-state index contributed by atoms with van der Waals surface area (Å²) in [5.74, 6) is -0.400. The number of carbonyl (C=O) groups excluding carboxylic acids is 1. The summed E-state index contributed by atoms with van der Waals surface area (Å²) in [5.41, 5.74) is 0.203. The van der Waals surface area contributed by atoms with Gasteiger partial charge in [0.2, 0.25) is 0 Å². The van der Waals surface area contributed by atoms with E-state index in [4.69, 9.17) is 32.7 Å². The van der Waals surface area contributed by atoms with E-state index in [2.05, 4.69) is 0 Å². The molecular formula is C17H17Cl2NO5S. The Morgan fingerprint density at radius 1 is 1.12 bits per heavy atom. The number of methoxy groups -OCH3 is 1. The standard InChI is InChI=1S/C17H17Cl2NO5S/c1-3-25-17(21)11-20(15-6-4-5-7-16(15)24-2)26(22,23)12-8-9-13(18)14(19)10-12/h4-10H,3,11H2,1-2H3. The molecule has 0 bridgehead atoms. The Balaban J connectivity index is 2.58. The van der Waals surface area contributed by atoms with Crippen molar-refractivity contribution in [2.75, 3.05) is 24.6 Å². The Kier molecular flexibility index (Phi) is 6.75. The Labute approximate surface area is 162 Å². The molecule has 0 saturated carbocycles. The van der Waals surface area contributed by atoms with Gasteiger partial charge in [0.05, 0.1) is 34.3 Å². The van der Waals surface area contributed by atoms with Crippen molar-refractivity contribution < 1.29 is 22.7 Å². The second-order valence-corrected chi connectivity index (χ2v) is 7.74. The third-order valence-corrected chi connectivity index (χ3v) is 5.91. The van der Waals surface area contributed by atoms with Crippen molar-refractivity contribution in [3.63, 3.8) is 0 Å². The molecule has 0 atom stereocenters. The van der Waals surface area contributed by atoms with Crippen molar-refractivity contribution in [2.45, 2.75) is 11.8 Å². The highest BCUT2D eigenvalue weighted by Gasteiger charge is 2.30. The van der Waals surface area contributed by atoms with E-state index in [1.54, 1.807) is 25.1 Å². The molecule has 2 aromatic carbocycles. The number of sulfonamides is 1. The Morgan fingerprint density at radius 3 is 2.42 bits per heavy atom. The van der Waals surface area contributed by atoms with Crippen LogP contribution in [0.1, 0.15) is 6.92 Å². The van der Waals surface area contributed by atoms with E-state index in [0.29, 0.717) is 5.75 Å². The van der Waals surface area contributed by atoms with Gasteiger partial charge >= 0.3 is 5.97 Å². The number of hydrogen-bond acceptors (Lipinski definition) is 5. The number of para-hydroxylation sites is 2. The summed E-state index contributed by atoms with van der Waals surface area (Å²) in [5, 5.41) is 0.309. The van der Waals surface area contributed by atoms with Crippen LogP contribution in [0.3, 0.4) is 0 Å². The molecule has 0 heterocycles. The SMILES string of the molecule is CCOC(=O)CN(c1ccccc1OC)S(=O)(=O)c1ccc(Cl)c(Cl)c1. The predicted molar refractivity (Wildman–Crippen MR) is 101 cm³/mol. The number of benzene rings is 2. The van der Waals surface area contributed by atoms with Gasteiger partial charge in [-0.2, -0.15) is 0 Å². The second-order valence-electron chi connectivity index (χ2n) is 5.06. The topological polar surface area (TPSA) is 72.9 Å². The molecule has 0 N–H and O–H groups in total. The molecule has 0 aliphatic rings. The molecule has 0 fully saturated rings. The molecular weight excluding hydrogens is 401 g/mol. The van der Waals surface area contributed by atoms with E-state index in [0.717, 1.165) is 4.31 Å². The van der Waals surface area contributed by atoms with Crippen molar-refractivity contribution in [1.29, 1.82) is 0 Å². The maximum Gasteiger partial charge on any atom is 0.326 e. The average molecular weight is 418 g/mol. The van der Waals surface area contributed by atoms with Gasteiger partial charge in [0.15, 0.2) is 0 Å². The minimum absolute atomic E-state index is 0.0869. The number of rotatable bonds is 7. The molecule has 0 radical (unpaired) electrons. The average Bonchev–Trinajstić information content (AvgIpc) is 2.62. The number of anilines is 1. The number of halogens is 2. The maximum atomic E-state index is 13.2. The van der Waals surface area contributed by atoms with Crippen LogP contribution in [0.2, 0.25) is 10.0 Å². The van der Waals surface area contributed by atoms with Crippen LogP contribution < -0.4 is 9.04 Å². The fourth-order valence-electron chi connectivity index (χ4n) is 2.22. The summed E-state index contributed by atoms with van der Waals surface area (Å²) in [6, 6.07) is 10.4. The lowest BCUT2D eigenvalue weighted by molar-refractivity contribution is -0.141. The molecule has 0 saturated heterocycles. The zero-order valence-electron chi connectivity index (χ0n) is 14.1. The van der Waals surface area contributed by atoms with Crippen molar-refractivity contribution in [1.82, 2.24) is 0 Å². The molecule has 26 heavy (non-hydrogen) atoms. The molecule has 0 aliphatic carbocycles. The van der Waals surface area contributed by atoms with Crippen LogP contribution in [-0.4, -0.2) is 34.6 Å². The lowest BCUT2D eigenvalue weighted by Crippen LogP contribution is -2.36. The van der Waals surface area contributed by atoms with Crippen molar-refractivity contribution in [3.8, 4) is 5.75 Å². The van der Waals surface area contributed by atoms with Crippen molar-refractivity contribution in [2.24, 2.45) is 0 Å². The molecule has 6 nitrogen and oxygen atoms in total. The van der Waals surface area contributed by atoms with Crippen LogP contribution in [0, 0.1) is 0 Å². The maximum absolute atomic E-state index is 13.2. The van der Waals surface area contributed by atoms with Gasteiger partial charge in [0.1, 0.15) is 12.3 Å². The first-order chi connectivity index (χ1) is 12.3. The van der Waals surface area contributed by atoms with Crippen LogP contribution in [0.15, 0.2) is 47.4 Å². The van der Waals surface area contributed by atoms with Gasteiger partial charge in [-0.25, -0.2) is 8.42 Å². The molecule has 140 valence electrons. The van der Waals surface area contributed by atoms with Crippen molar-refractivity contribution in [3.05, 3.63) is 52.5 Å². The summed E-state index contributed by atoms with van der Waals surface area (Å²) in [7, 11) is -2.72. The van der Waals surface area contributed by atoms with Crippen LogP contribution >= 0.6 is 23.2 Å². The summed E-state index contributed by atoms with van der Waals surface area (Å²) in [6.45, 7) is 1.25. The lowest BCUT2D eigenvalue weighted by atomic mass is 10.3. The number of esters is 1. The molecule has 0 aromatic heterocycles. The molecule has 2 aromatic rings. The summed E-state index contributed by atoms with van der Waals surface area (Å²) < 4.78 is 37.4. The Bertz CT molecular complexity index is 902. The number of hydrogen-bond donors (Lipinski definition) is 0. The highest BCUT2D eigenvalue weighted by Crippen LogP contribution is 2.33. The molecule has 0 unspecified atom stereocenters. The van der Waals surface area contributed by atoms with Gasteiger partial charge in [-0.05, 0) is 37.3 Å². The van der Waals surface area contributed by atoms with Crippen LogP contribution in [0.4, 0.5) is 5.69 Å². The Hall–Kier alpha value is -1.96. The van der Waals surface area contributed by atoms with Gasteiger partial charge in [-0.1, -0.05) is 35.3 Å². The fourth-order valence-corrected chi connectivity index (χ4v) is 4.03. The zero-order chi connectivity index (χ0) is 19.3. The normalized spacial score (nSPS) is 11.1. The number of ether oxygens (including phenoxy) is 2. The Morgan fingerprint density at radius 2 is 1.81 bits per heavy atom. The molecule has 0 spiro atoms. The molecule has 0 aliphatic heterocycles. The van der Waals surface area contributed by atoms with E-state index in [1.165, 1.54) is 31.4 Å². The van der Waals surface area contributed by atoms with Gasteiger partial charge in [0.25, 0.3) is 10.0 Å². The van der Waals surface area contributed by atoms with E-state index in [1.807, 2.05) is 0 Å². The number of nitrogens with zero attached hydrogens (tertiary/aromatic N) is 1. The zero-order valence-corrected chi connectivity index (χ0v) is 16.4. The van der Waals surface area contributed by atoms with E-state index in [9.17, 15) is 13.2 Å². The minimum Gasteiger partial charge on any atom is -0.495 e. The van der Waals surface area contributed by atoms with Crippen LogP contribution in [0.5, 0.6) is 5.75 Å².